The molecule has 0 amide bonds. The maximum atomic E-state index is 13.1. The fourth-order valence-corrected chi connectivity index (χ4v) is 1.30. The third-order valence-corrected chi connectivity index (χ3v) is 2.47. The highest BCUT2D eigenvalue weighted by molar-refractivity contribution is 5.70. The van der Waals surface area contributed by atoms with E-state index in [-0.39, 0.29) is 5.92 Å². The molecule has 0 aromatic heterocycles. The van der Waals surface area contributed by atoms with Gasteiger partial charge in [0, 0.05) is 0 Å². The molecule has 1 N–H and O–H groups in total. The molecule has 1 saturated carbocycles. The van der Waals surface area contributed by atoms with Crippen LogP contribution >= 0.6 is 0 Å². The predicted octanol–water partition coefficient (Wildman–Crippen LogP) is 1.85. The van der Waals surface area contributed by atoms with Crippen LogP contribution in [0.15, 0.2) is 0 Å². The first kappa shape index (κ1) is 8.50. The van der Waals surface area contributed by atoms with Gasteiger partial charge in [-0.15, -0.1) is 0 Å². The van der Waals surface area contributed by atoms with Gasteiger partial charge in [-0.3, -0.25) is 4.79 Å². The van der Waals surface area contributed by atoms with E-state index in [0.717, 1.165) is 19.3 Å². The Morgan fingerprint density at radius 3 is 2.45 bits per heavy atom. The molecule has 2 nitrogen and oxygen atoms in total. The average molecular weight is 160 g/mol. The van der Waals surface area contributed by atoms with Crippen molar-refractivity contribution in [2.24, 2.45) is 11.8 Å². The summed E-state index contributed by atoms with van der Waals surface area (Å²) in [5, 5.41) is 8.48. The molecule has 2 unspecified atom stereocenters. The molecule has 0 bridgehead atoms. The topological polar surface area (TPSA) is 37.3 Å². The number of carbonyl (C=O) groups is 1. The lowest BCUT2D eigenvalue weighted by atomic mass is 9.78. The van der Waals surface area contributed by atoms with Crippen LogP contribution in [-0.2, 0) is 4.79 Å². The van der Waals surface area contributed by atoms with E-state index in [9.17, 15) is 9.18 Å². The molecule has 64 valence electrons. The van der Waals surface area contributed by atoms with E-state index < -0.39 is 18.1 Å². The van der Waals surface area contributed by atoms with Crippen LogP contribution in [0, 0.1) is 11.8 Å². The van der Waals surface area contributed by atoms with Crippen molar-refractivity contribution in [1.82, 2.24) is 0 Å². The molecule has 1 rings (SSSR count). The first-order chi connectivity index (χ1) is 5.13. The van der Waals surface area contributed by atoms with Crippen molar-refractivity contribution in [2.45, 2.75) is 32.4 Å². The first-order valence-electron chi connectivity index (χ1n) is 4.00. The van der Waals surface area contributed by atoms with Gasteiger partial charge in [-0.25, -0.2) is 4.39 Å². The number of carboxylic acids is 1. The van der Waals surface area contributed by atoms with Gasteiger partial charge in [0.05, 0.1) is 5.92 Å². The number of alkyl halides is 1. The van der Waals surface area contributed by atoms with Gasteiger partial charge in [0.25, 0.3) is 0 Å². The third-order valence-electron chi connectivity index (χ3n) is 2.47. The number of carboxylic acid groups (broad SMARTS) is 1. The Bertz CT molecular complexity index is 154. The number of halogens is 1. The quantitative estimate of drug-likeness (QED) is 0.684. The summed E-state index contributed by atoms with van der Waals surface area (Å²) < 4.78 is 13.1. The van der Waals surface area contributed by atoms with Gasteiger partial charge in [-0.1, -0.05) is 6.42 Å². The predicted molar refractivity (Wildman–Crippen MR) is 39.0 cm³/mol. The first-order valence-corrected chi connectivity index (χ1v) is 4.00. The SMILES string of the molecule is CC(C(=O)O)C(F)C1CCC1. The molecule has 1 aliphatic rings. The van der Waals surface area contributed by atoms with Crippen LogP contribution in [0.1, 0.15) is 26.2 Å². The fraction of sp³-hybridized carbons (Fsp3) is 0.875. The summed E-state index contributed by atoms with van der Waals surface area (Å²) in [4.78, 5) is 10.3. The Morgan fingerprint density at radius 2 is 2.18 bits per heavy atom. The van der Waals surface area contributed by atoms with Crippen molar-refractivity contribution < 1.29 is 14.3 Å². The van der Waals surface area contributed by atoms with E-state index in [0.29, 0.717) is 0 Å². The molecule has 0 radical (unpaired) electrons. The molecule has 0 aromatic rings. The number of hydrogen-bond acceptors (Lipinski definition) is 1. The second-order valence-electron chi connectivity index (χ2n) is 3.26. The second kappa shape index (κ2) is 3.20. The van der Waals surface area contributed by atoms with E-state index in [4.69, 9.17) is 5.11 Å². The molecule has 11 heavy (non-hydrogen) atoms. The molecule has 0 heterocycles. The molecular formula is C8H13FO2. The average Bonchev–Trinajstić information content (AvgIpc) is 1.82. The molecule has 3 heteroatoms. The molecule has 1 aliphatic carbocycles. The van der Waals surface area contributed by atoms with Crippen molar-refractivity contribution in [2.75, 3.05) is 0 Å². The van der Waals surface area contributed by atoms with Crippen molar-refractivity contribution in [1.29, 1.82) is 0 Å². The maximum Gasteiger partial charge on any atom is 0.309 e. The van der Waals surface area contributed by atoms with Gasteiger partial charge in [-0.05, 0) is 25.7 Å². The zero-order valence-corrected chi connectivity index (χ0v) is 6.59. The lowest BCUT2D eigenvalue weighted by molar-refractivity contribution is -0.144. The molecule has 0 saturated heterocycles. The largest absolute Gasteiger partial charge is 0.481 e. The lowest BCUT2D eigenvalue weighted by Crippen LogP contribution is -2.32. The van der Waals surface area contributed by atoms with Gasteiger partial charge in [0.15, 0.2) is 0 Å². The van der Waals surface area contributed by atoms with Crippen LogP contribution in [0.2, 0.25) is 0 Å². The van der Waals surface area contributed by atoms with Crippen molar-refractivity contribution >= 4 is 5.97 Å². The molecule has 0 aromatic carbocycles. The molecule has 1 fully saturated rings. The highest BCUT2D eigenvalue weighted by Gasteiger charge is 2.34. The van der Waals surface area contributed by atoms with Crippen LogP contribution in [0.25, 0.3) is 0 Å². The maximum absolute atomic E-state index is 13.1. The summed E-state index contributed by atoms with van der Waals surface area (Å²) in [5.41, 5.74) is 0. The van der Waals surface area contributed by atoms with E-state index in [1.807, 2.05) is 0 Å². The van der Waals surface area contributed by atoms with Crippen LogP contribution in [0.3, 0.4) is 0 Å². The third kappa shape index (κ3) is 1.70. The minimum absolute atomic E-state index is 0.0149. The highest BCUT2D eigenvalue weighted by atomic mass is 19.1. The molecular weight excluding hydrogens is 147 g/mol. The number of rotatable bonds is 3. The van der Waals surface area contributed by atoms with Crippen molar-refractivity contribution in [3.05, 3.63) is 0 Å². The van der Waals surface area contributed by atoms with Crippen molar-refractivity contribution in [3.63, 3.8) is 0 Å². The van der Waals surface area contributed by atoms with Crippen molar-refractivity contribution in [3.8, 4) is 0 Å². The van der Waals surface area contributed by atoms with E-state index in [1.165, 1.54) is 6.92 Å². The van der Waals surface area contributed by atoms with Gasteiger partial charge >= 0.3 is 5.97 Å². The van der Waals surface area contributed by atoms with Crippen LogP contribution in [-0.4, -0.2) is 17.2 Å². The summed E-state index contributed by atoms with van der Waals surface area (Å²) in [6.45, 7) is 1.44. The summed E-state index contributed by atoms with van der Waals surface area (Å²) in [6, 6.07) is 0. The zero-order chi connectivity index (χ0) is 8.43. The van der Waals surface area contributed by atoms with Crippen LogP contribution in [0.4, 0.5) is 4.39 Å². The van der Waals surface area contributed by atoms with Gasteiger partial charge in [0.2, 0.25) is 0 Å². The van der Waals surface area contributed by atoms with Crippen LogP contribution < -0.4 is 0 Å². The Labute approximate surface area is 65.4 Å². The fourth-order valence-electron chi connectivity index (χ4n) is 1.30. The molecule has 2 atom stereocenters. The highest BCUT2D eigenvalue weighted by Crippen LogP contribution is 2.34. The Kier molecular flexibility index (Phi) is 2.47. The Hall–Kier alpha value is -0.600. The van der Waals surface area contributed by atoms with E-state index >= 15 is 0 Å². The minimum Gasteiger partial charge on any atom is -0.481 e. The van der Waals surface area contributed by atoms with E-state index in [2.05, 4.69) is 0 Å². The summed E-state index contributed by atoms with van der Waals surface area (Å²) in [7, 11) is 0. The zero-order valence-electron chi connectivity index (χ0n) is 6.59. The summed E-state index contributed by atoms with van der Waals surface area (Å²) >= 11 is 0. The molecule has 0 aliphatic heterocycles. The smallest absolute Gasteiger partial charge is 0.309 e. The second-order valence-corrected chi connectivity index (χ2v) is 3.26. The van der Waals surface area contributed by atoms with Gasteiger partial charge in [-0.2, -0.15) is 0 Å². The summed E-state index contributed by atoms with van der Waals surface area (Å²) in [5.74, 6) is -1.84. The van der Waals surface area contributed by atoms with E-state index in [1.54, 1.807) is 0 Å². The van der Waals surface area contributed by atoms with Gasteiger partial charge in [0.1, 0.15) is 6.17 Å². The lowest BCUT2D eigenvalue weighted by Gasteiger charge is -2.30. The Balaban J connectivity index is 2.38. The number of aliphatic carboxylic acids is 1. The Morgan fingerprint density at radius 1 is 1.64 bits per heavy atom. The molecule has 0 spiro atoms. The number of hydrogen-bond donors (Lipinski definition) is 1. The monoisotopic (exact) mass is 160 g/mol. The normalized spacial score (nSPS) is 23.8. The van der Waals surface area contributed by atoms with Gasteiger partial charge < -0.3 is 5.11 Å². The standard InChI is InChI=1S/C8H13FO2/c1-5(8(10)11)7(9)6-3-2-4-6/h5-7H,2-4H2,1H3,(H,10,11). The summed E-state index contributed by atoms with van der Waals surface area (Å²) in [6.07, 6.45) is 1.64. The minimum atomic E-state index is -1.14. The van der Waals surface area contributed by atoms with Crippen LogP contribution in [0.5, 0.6) is 0 Å².